The fraction of sp³-hybridized carbons (Fsp3) is 0.720. The zero-order chi connectivity index (χ0) is 23.9. The summed E-state index contributed by atoms with van der Waals surface area (Å²) in [5.41, 5.74) is 0. The molecule has 2 amide bonds. The Bertz CT molecular complexity index is 860. The smallest absolute Gasteiger partial charge is 0.311 e. The molecule has 0 aromatic heterocycles. The van der Waals surface area contributed by atoms with Crippen LogP contribution in [0, 0.1) is 17.8 Å². The van der Waals surface area contributed by atoms with Gasteiger partial charge in [0.15, 0.2) is 0 Å². The molecule has 0 saturated carbocycles. The highest BCUT2D eigenvalue weighted by molar-refractivity contribution is 8.02. The van der Waals surface area contributed by atoms with Gasteiger partial charge in [0.25, 0.3) is 0 Å². The van der Waals surface area contributed by atoms with Gasteiger partial charge in [0.05, 0.1) is 29.2 Å². The quantitative estimate of drug-likeness (QED) is 0.449. The number of hydrogen-bond donors (Lipinski definition) is 1. The summed E-state index contributed by atoms with van der Waals surface area (Å²) >= 11 is 1.55. The van der Waals surface area contributed by atoms with Crippen LogP contribution >= 0.6 is 11.8 Å². The summed E-state index contributed by atoms with van der Waals surface area (Å²) in [6.45, 7) is 8.64. The number of rotatable bonds is 7. The molecule has 1 N–H and O–H groups in total. The molecular weight excluding hydrogens is 440 g/mol. The van der Waals surface area contributed by atoms with Crippen LogP contribution in [-0.2, 0) is 19.1 Å². The molecule has 0 radical (unpaired) electrons. The second-order valence-electron chi connectivity index (χ2n) is 9.81. The summed E-state index contributed by atoms with van der Waals surface area (Å²) < 4.78 is 4.56. The summed E-state index contributed by atoms with van der Waals surface area (Å²) in [4.78, 5) is 44.8. The number of esters is 1. The van der Waals surface area contributed by atoms with Crippen LogP contribution < -0.4 is 0 Å². The number of amides is 2. The largest absolute Gasteiger partial charge is 0.461 e. The third kappa shape index (κ3) is 3.73. The fourth-order valence-electron chi connectivity index (χ4n) is 6.07. The van der Waals surface area contributed by atoms with Gasteiger partial charge in [0.1, 0.15) is 12.6 Å². The highest BCUT2D eigenvalue weighted by atomic mass is 32.2. The van der Waals surface area contributed by atoms with Crippen LogP contribution in [0.25, 0.3) is 0 Å². The van der Waals surface area contributed by atoms with E-state index >= 15 is 0 Å². The van der Waals surface area contributed by atoms with Crippen molar-refractivity contribution in [2.45, 2.75) is 75.1 Å². The molecular formula is C25H36N2O5S. The van der Waals surface area contributed by atoms with Crippen LogP contribution in [0.3, 0.4) is 0 Å². The first kappa shape index (κ1) is 24.3. The lowest BCUT2D eigenvalue weighted by Gasteiger charge is -2.41. The highest BCUT2D eigenvalue weighted by Crippen LogP contribution is 2.61. The van der Waals surface area contributed by atoms with Crippen molar-refractivity contribution in [3.05, 3.63) is 24.3 Å². The molecule has 182 valence electrons. The van der Waals surface area contributed by atoms with Crippen LogP contribution in [0.15, 0.2) is 24.3 Å². The topological polar surface area (TPSA) is 87.2 Å². The van der Waals surface area contributed by atoms with Crippen LogP contribution in [0.5, 0.6) is 0 Å². The first-order valence-electron chi connectivity index (χ1n) is 12.2. The first-order valence-corrected chi connectivity index (χ1v) is 13.1. The van der Waals surface area contributed by atoms with Gasteiger partial charge in [0, 0.05) is 17.8 Å². The maximum absolute atomic E-state index is 14.2. The average molecular weight is 477 g/mol. The number of carbonyl (C=O) groups is 3. The van der Waals surface area contributed by atoms with Crippen molar-refractivity contribution in [1.29, 1.82) is 0 Å². The van der Waals surface area contributed by atoms with Gasteiger partial charge < -0.3 is 19.6 Å². The molecule has 7 nitrogen and oxygen atoms in total. The number of thioether (sulfide) groups is 1. The maximum Gasteiger partial charge on any atom is 0.311 e. The van der Waals surface area contributed by atoms with Crippen LogP contribution in [-0.4, -0.2) is 80.6 Å². The molecule has 8 heteroatoms. The minimum atomic E-state index is -0.855. The molecule has 2 unspecified atom stereocenters. The molecule has 8 atom stereocenters. The maximum atomic E-state index is 14.2. The molecule has 4 aliphatic rings. The van der Waals surface area contributed by atoms with E-state index in [4.69, 9.17) is 4.74 Å². The van der Waals surface area contributed by atoms with E-state index in [1.54, 1.807) is 16.7 Å². The zero-order valence-corrected chi connectivity index (χ0v) is 20.8. The summed E-state index contributed by atoms with van der Waals surface area (Å²) in [7, 11) is 0. The number of likely N-dealkylation sites (tertiary alicyclic amines) is 1. The van der Waals surface area contributed by atoms with E-state index in [2.05, 4.69) is 13.8 Å². The van der Waals surface area contributed by atoms with E-state index < -0.39 is 28.7 Å². The Balaban J connectivity index is 1.85. The van der Waals surface area contributed by atoms with Gasteiger partial charge in [0.2, 0.25) is 11.8 Å². The second kappa shape index (κ2) is 9.45. The lowest BCUT2D eigenvalue weighted by molar-refractivity contribution is -0.152. The van der Waals surface area contributed by atoms with E-state index in [0.29, 0.717) is 6.54 Å². The highest BCUT2D eigenvalue weighted by Gasteiger charge is 2.72. The van der Waals surface area contributed by atoms with Crippen molar-refractivity contribution < 1.29 is 24.2 Å². The lowest BCUT2D eigenvalue weighted by atomic mass is 9.78. The Morgan fingerprint density at radius 3 is 2.64 bits per heavy atom. The van der Waals surface area contributed by atoms with E-state index in [1.165, 1.54) is 0 Å². The number of aliphatic hydroxyl groups is 1. The summed E-state index contributed by atoms with van der Waals surface area (Å²) in [5.74, 6) is -1.99. The minimum Gasteiger partial charge on any atom is -0.461 e. The molecule has 2 saturated heterocycles. The van der Waals surface area contributed by atoms with Gasteiger partial charge in [-0.3, -0.25) is 14.4 Å². The summed E-state index contributed by atoms with van der Waals surface area (Å²) in [6.07, 6.45) is 10.4. The SMILES string of the molecule is CCCC(C)N1CC=C[C@]23S[C@@H]4C=CCOC(=O)[C@@H]4[C@H]2C(=O)N([C@@H](CO)[C@@H](C)CC)C3C1=O. The van der Waals surface area contributed by atoms with Gasteiger partial charge in [-0.15, -0.1) is 11.8 Å². The van der Waals surface area contributed by atoms with Crippen molar-refractivity contribution >= 4 is 29.5 Å². The van der Waals surface area contributed by atoms with Crippen molar-refractivity contribution in [2.75, 3.05) is 19.8 Å². The van der Waals surface area contributed by atoms with E-state index in [9.17, 15) is 19.5 Å². The van der Waals surface area contributed by atoms with E-state index in [1.807, 2.05) is 43.1 Å². The van der Waals surface area contributed by atoms with E-state index in [0.717, 1.165) is 19.3 Å². The number of cyclic esters (lactones) is 1. The molecule has 4 aliphatic heterocycles. The third-order valence-electron chi connectivity index (χ3n) is 7.97. The Morgan fingerprint density at radius 2 is 1.97 bits per heavy atom. The van der Waals surface area contributed by atoms with Crippen LogP contribution in [0.2, 0.25) is 0 Å². The van der Waals surface area contributed by atoms with Gasteiger partial charge in [-0.1, -0.05) is 57.9 Å². The van der Waals surface area contributed by atoms with Crippen molar-refractivity contribution in [2.24, 2.45) is 17.8 Å². The zero-order valence-electron chi connectivity index (χ0n) is 20.0. The van der Waals surface area contributed by atoms with Gasteiger partial charge in [-0.2, -0.15) is 0 Å². The fourth-order valence-corrected chi connectivity index (χ4v) is 8.06. The standard InChI is InChI=1S/C25H36N2O5S/c1-5-9-16(4)26-12-8-11-25-20(19-18(33-25)10-7-13-32-24(19)31)22(29)27(21(25)23(26)30)17(14-28)15(3)6-2/h7-8,10-11,15-21,28H,5-6,9,12-14H2,1-4H3/t15-,16?,17-,18+,19-,20-,21?,25-/m0/s1. The minimum absolute atomic E-state index is 0.0122. The average Bonchev–Trinajstić information content (AvgIpc) is 3.09. The van der Waals surface area contributed by atoms with Gasteiger partial charge in [-0.05, 0) is 19.3 Å². The molecule has 0 aromatic rings. The second-order valence-corrected chi connectivity index (χ2v) is 11.3. The number of hydrogen-bond acceptors (Lipinski definition) is 6. The first-order chi connectivity index (χ1) is 15.8. The molecule has 0 bridgehead atoms. The van der Waals surface area contributed by atoms with Crippen LogP contribution in [0.1, 0.15) is 47.0 Å². The predicted octanol–water partition coefficient (Wildman–Crippen LogP) is 2.39. The number of nitrogens with zero attached hydrogens (tertiary/aromatic N) is 2. The molecule has 0 aliphatic carbocycles. The number of fused-ring (bicyclic) bond motifs is 2. The van der Waals surface area contributed by atoms with Gasteiger partial charge >= 0.3 is 5.97 Å². The van der Waals surface area contributed by atoms with E-state index in [-0.39, 0.29) is 48.2 Å². The third-order valence-corrected chi connectivity index (χ3v) is 9.71. The Kier molecular flexibility index (Phi) is 6.97. The molecule has 4 rings (SSSR count). The normalized spacial score (nSPS) is 36.0. The molecule has 33 heavy (non-hydrogen) atoms. The van der Waals surface area contributed by atoms with Crippen molar-refractivity contribution in [3.8, 4) is 0 Å². The molecule has 0 aromatic carbocycles. The number of ether oxygens (including phenoxy) is 1. The Labute approximate surface area is 200 Å². The molecule has 2 fully saturated rings. The van der Waals surface area contributed by atoms with Crippen LogP contribution in [0.4, 0.5) is 0 Å². The van der Waals surface area contributed by atoms with Crippen molar-refractivity contribution in [1.82, 2.24) is 9.80 Å². The Hall–Kier alpha value is -1.80. The monoisotopic (exact) mass is 476 g/mol. The summed E-state index contributed by atoms with van der Waals surface area (Å²) in [6, 6.07) is -1.20. The van der Waals surface area contributed by atoms with Gasteiger partial charge in [-0.25, -0.2) is 0 Å². The predicted molar refractivity (Wildman–Crippen MR) is 127 cm³/mol. The number of aliphatic hydroxyl groups excluding tert-OH is 1. The molecule has 1 spiro atoms. The lowest BCUT2D eigenvalue weighted by Crippen LogP contribution is -2.58. The Morgan fingerprint density at radius 1 is 1.21 bits per heavy atom. The molecule has 4 heterocycles. The number of carbonyl (C=O) groups excluding carboxylic acids is 3. The summed E-state index contributed by atoms with van der Waals surface area (Å²) in [5, 5.41) is 10.1. The van der Waals surface area contributed by atoms with Crippen molar-refractivity contribution in [3.63, 3.8) is 0 Å².